The van der Waals surface area contributed by atoms with Gasteiger partial charge < -0.3 is 15.0 Å². The maximum absolute atomic E-state index is 11.9. The van der Waals surface area contributed by atoms with Crippen LogP contribution in [0.1, 0.15) is 23.1 Å². The highest BCUT2D eigenvalue weighted by atomic mass is 16.5. The number of aryl methyl sites for hydroxylation is 3. The van der Waals surface area contributed by atoms with Crippen molar-refractivity contribution in [2.24, 2.45) is 0 Å². The number of fused-ring (bicyclic) bond motifs is 1. The van der Waals surface area contributed by atoms with Crippen LogP contribution in [0.25, 0.3) is 10.9 Å². The van der Waals surface area contributed by atoms with Crippen molar-refractivity contribution >= 4 is 34.5 Å². The van der Waals surface area contributed by atoms with Crippen LogP contribution in [0.3, 0.4) is 0 Å². The Kier molecular flexibility index (Phi) is 6.29. The number of carbonyl (C=O) groups is 3. The number of ether oxygens (including phenoxy) is 1. The van der Waals surface area contributed by atoms with Crippen LogP contribution in [-0.4, -0.2) is 29.5 Å². The number of nitrogens with one attached hydrogen (secondary N) is 3. The van der Waals surface area contributed by atoms with Gasteiger partial charge in [0, 0.05) is 29.2 Å². The molecule has 0 unspecified atom stereocenters. The van der Waals surface area contributed by atoms with Crippen molar-refractivity contribution in [3.8, 4) is 0 Å². The Morgan fingerprint density at radius 3 is 2.62 bits per heavy atom. The highest BCUT2D eigenvalue weighted by molar-refractivity contribution is 6.01. The molecule has 1 heterocycles. The zero-order chi connectivity index (χ0) is 20.8. The Balaban J connectivity index is 1.40. The number of urea groups is 1. The van der Waals surface area contributed by atoms with Gasteiger partial charge in [-0.2, -0.15) is 0 Å². The van der Waals surface area contributed by atoms with Gasteiger partial charge in [0.05, 0.1) is 0 Å². The summed E-state index contributed by atoms with van der Waals surface area (Å²) >= 11 is 0. The second kappa shape index (κ2) is 9.05. The predicted octanol–water partition coefficient (Wildman–Crippen LogP) is 3.61. The molecule has 0 radical (unpaired) electrons. The highest BCUT2D eigenvalue weighted by Crippen LogP contribution is 2.19. The number of hydrogen-bond acceptors (Lipinski definition) is 4. The third kappa shape index (κ3) is 5.44. The zero-order valence-corrected chi connectivity index (χ0v) is 16.4. The molecule has 3 aromatic rings. The molecule has 0 atom stereocenters. The van der Waals surface area contributed by atoms with Crippen molar-refractivity contribution in [2.45, 2.75) is 26.7 Å². The number of aromatic nitrogens is 1. The van der Waals surface area contributed by atoms with E-state index in [1.54, 1.807) is 6.07 Å². The van der Waals surface area contributed by atoms with E-state index in [1.165, 1.54) is 0 Å². The number of esters is 1. The molecule has 150 valence electrons. The number of rotatable bonds is 6. The van der Waals surface area contributed by atoms with E-state index in [0.717, 1.165) is 27.6 Å². The first-order valence-corrected chi connectivity index (χ1v) is 9.31. The minimum Gasteiger partial charge on any atom is -0.456 e. The molecular weight excluding hydrogens is 370 g/mol. The molecule has 0 aliphatic rings. The molecule has 3 N–H and O–H groups in total. The lowest BCUT2D eigenvalue weighted by Crippen LogP contribution is -2.37. The monoisotopic (exact) mass is 393 g/mol. The van der Waals surface area contributed by atoms with Gasteiger partial charge in [-0.05, 0) is 55.2 Å². The quantitative estimate of drug-likeness (QED) is 0.557. The van der Waals surface area contributed by atoms with Crippen molar-refractivity contribution in [1.29, 1.82) is 0 Å². The van der Waals surface area contributed by atoms with Crippen molar-refractivity contribution in [1.82, 2.24) is 10.3 Å². The maximum Gasteiger partial charge on any atom is 0.325 e. The van der Waals surface area contributed by atoms with E-state index < -0.39 is 24.5 Å². The average molecular weight is 393 g/mol. The van der Waals surface area contributed by atoms with E-state index in [2.05, 4.69) is 15.6 Å². The number of anilines is 1. The lowest BCUT2D eigenvalue weighted by Gasteiger charge is -2.09. The van der Waals surface area contributed by atoms with Gasteiger partial charge in [-0.3, -0.25) is 14.9 Å². The Bertz CT molecular complexity index is 1060. The van der Waals surface area contributed by atoms with Gasteiger partial charge in [-0.15, -0.1) is 0 Å². The summed E-state index contributed by atoms with van der Waals surface area (Å²) in [5.74, 6) is -1.19. The molecule has 7 heteroatoms. The van der Waals surface area contributed by atoms with Gasteiger partial charge in [0.15, 0.2) is 6.61 Å². The number of carbonyl (C=O) groups excluding carboxylic acids is 3. The molecule has 0 saturated carbocycles. The zero-order valence-electron chi connectivity index (χ0n) is 16.4. The second-order valence-electron chi connectivity index (χ2n) is 6.82. The minimum absolute atomic E-state index is 0.143. The lowest BCUT2D eigenvalue weighted by atomic mass is 10.1. The average Bonchev–Trinajstić information content (AvgIpc) is 3.11. The van der Waals surface area contributed by atoms with Crippen LogP contribution in [0.4, 0.5) is 10.5 Å². The number of H-pyrrole nitrogens is 1. The van der Waals surface area contributed by atoms with Crippen LogP contribution in [-0.2, 0) is 20.7 Å². The van der Waals surface area contributed by atoms with Gasteiger partial charge in [0.1, 0.15) is 0 Å². The standard InChI is InChI=1S/C22H23N3O4/c1-14-7-9-17(11-15(14)2)24-22(28)25-20(26)13-29-21(27)10-8-16-12-23-19-6-4-3-5-18(16)19/h3-7,9,11-12,23H,8,10,13H2,1-2H3,(H2,24,25,26,28). The number of hydrogen-bond donors (Lipinski definition) is 3. The molecule has 1 aromatic heterocycles. The molecule has 3 rings (SSSR count). The number of benzene rings is 2. The van der Waals surface area contributed by atoms with Gasteiger partial charge >= 0.3 is 12.0 Å². The number of amides is 3. The van der Waals surface area contributed by atoms with E-state index in [4.69, 9.17) is 4.74 Å². The molecule has 3 amide bonds. The summed E-state index contributed by atoms with van der Waals surface area (Å²) in [5.41, 5.74) is 4.72. The molecule has 0 aliphatic carbocycles. The molecule has 2 aromatic carbocycles. The second-order valence-corrected chi connectivity index (χ2v) is 6.82. The molecule has 29 heavy (non-hydrogen) atoms. The van der Waals surface area contributed by atoms with Gasteiger partial charge in [-0.1, -0.05) is 24.3 Å². The van der Waals surface area contributed by atoms with E-state index >= 15 is 0 Å². The van der Waals surface area contributed by atoms with Crippen LogP contribution in [0, 0.1) is 13.8 Å². The Morgan fingerprint density at radius 2 is 1.83 bits per heavy atom. The van der Waals surface area contributed by atoms with Crippen molar-refractivity contribution in [2.75, 3.05) is 11.9 Å². The first-order chi connectivity index (χ1) is 13.9. The molecule has 0 aliphatic heterocycles. The number of imide groups is 1. The molecule has 7 nitrogen and oxygen atoms in total. The fourth-order valence-corrected chi connectivity index (χ4v) is 2.94. The molecule has 0 fully saturated rings. The normalized spacial score (nSPS) is 10.6. The van der Waals surface area contributed by atoms with Crippen LogP contribution in [0.5, 0.6) is 0 Å². The minimum atomic E-state index is -0.688. The first-order valence-electron chi connectivity index (χ1n) is 9.31. The topological polar surface area (TPSA) is 100 Å². The number of aromatic amines is 1. The summed E-state index contributed by atoms with van der Waals surface area (Å²) in [6.07, 6.45) is 2.50. The third-order valence-electron chi connectivity index (χ3n) is 4.66. The molecule has 0 spiro atoms. The van der Waals surface area contributed by atoms with Crippen LogP contribution >= 0.6 is 0 Å². The first kappa shape index (κ1) is 20.1. The smallest absolute Gasteiger partial charge is 0.325 e. The summed E-state index contributed by atoms with van der Waals surface area (Å²) in [5, 5.41) is 5.77. The summed E-state index contributed by atoms with van der Waals surface area (Å²) in [4.78, 5) is 38.8. The van der Waals surface area contributed by atoms with Crippen LogP contribution < -0.4 is 10.6 Å². The van der Waals surface area contributed by atoms with Gasteiger partial charge in [0.2, 0.25) is 0 Å². The number of para-hydroxylation sites is 1. The third-order valence-corrected chi connectivity index (χ3v) is 4.66. The van der Waals surface area contributed by atoms with Crippen LogP contribution in [0.2, 0.25) is 0 Å². The Labute approximate surface area is 168 Å². The lowest BCUT2D eigenvalue weighted by molar-refractivity contribution is -0.148. The van der Waals surface area contributed by atoms with Crippen LogP contribution in [0.15, 0.2) is 48.7 Å². The van der Waals surface area contributed by atoms with Crippen molar-refractivity contribution in [3.63, 3.8) is 0 Å². The predicted molar refractivity (Wildman–Crippen MR) is 111 cm³/mol. The van der Waals surface area contributed by atoms with Crippen molar-refractivity contribution in [3.05, 3.63) is 65.4 Å². The summed E-state index contributed by atoms with van der Waals surface area (Å²) in [6, 6.07) is 12.6. The molecule has 0 bridgehead atoms. The summed E-state index contributed by atoms with van der Waals surface area (Å²) < 4.78 is 4.96. The van der Waals surface area contributed by atoms with E-state index in [9.17, 15) is 14.4 Å². The molecular formula is C22H23N3O4. The van der Waals surface area contributed by atoms with Gasteiger partial charge in [-0.25, -0.2) is 4.79 Å². The Hall–Kier alpha value is -3.61. The Morgan fingerprint density at radius 1 is 1.03 bits per heavy atom. The van der Waals surface area contributed by atoms with E-state index in [1.807, 2.05) is 56.4 Å². The SMILES string of the molecule is Cc1ccc(NC(=O)NC(=O)COC(=O)CCc2c[nH]c3ccccc23)cc1C. The summed E-state index contributed by atoms with van der Waals surface area (Å²) in [7, 11) is 0. The van der Waals surface area contributed by atoms with Crippen molar-refractivity contribution < 1.29 is 19.1 Å². The highest BCUT2D eigenvalue weighted by Gasteiger charge is 2.12. The van der Waals surface area contributed by atoms with E-state index in [0.29, 0.717) is 12.1 Å². The fourth-order valence-electron chi connectivity index (χ4n) is 2.94. The van der Waals surface area contributed by atoms with Gasteiger partial charge in [0.25, 0.3) is 5.91 Å². The summed E-state index contributed by atoms with van der Waals surface area (Å²) in [6.45, 7) is 3.39. The largest absolute Gasteiger partial charge is 0.456 e. The maximum atomic E-state index is 11.9. The molecule has 0 saturated heterocycles. The van der Waals surface area contributed by atoms with E-state index in [-0.39, 0.29) is 6.42 Å². The fraction of sp³-hybridized carbons (Fsp3) is 0.227.